The van der Waals surface area contributed by atoms with Crippen LogP contribution < -0.4 is 20.1 Å². The van der Waals surface area contributed by atoms with E-state index in [1.165, 1.54) is 5.56 Å². The molecule has 2 rings (SSSR count). The molecule has 0 aromatic heterocycles. The lowest BCUT2D eigenvalue weighted by atomic mass is 10.2. The van der Waals surface area contributed by atoms with Crippen LogP contribution in [0.25, 0.3) is 0 Å². The predicted octanol–water partition coefficient (Wildman–Crippen LogP) is 3.68. The van der Waals surface area contributed by atoms with E-state index in [9.17, 15) is 4.79 Å². The van der Waals surface area contributed by atoms with E-state index in [1.54, 1.807) is 7.11 Å². The Hall–Kier alpha value is -2.60. The fourth-order valence-corrected chi connectivity index (χ4v) is 2.31. The van der Waals surface area contributed by atoms with Gasteiger partial charge in [-0.1, -0.05) is 17.7 Å². The van der Waals surface area contributed by atoms with Crippen molar-refractivity contribution in [2.45, 2.75) is 19.8 Å². The summed E-state index contributed by atoms with van der Waals surface area (Å²) < 4.78 is 10.7. The van der Waals surface area contributed by atoms with E-state index in [0.29, 0.717) is 19.4 Å². The van der Waals surface area contributed by atoms with Crippen LogP contribution in [0.5, 0.6) is 11.5 Å². The Labute approximate surface area is 153 Å². The van der Waals surface area contributed by atoms with E-state index < -0.39 is 0 Å². The zero-order chi connectivity index (χ0) is 18.1. The molecule has 2 N–H and O–H groups in total. The summed E-state index contributed by atoms with van der Waals surface area (Å²) in [6, 6.07) is 15.1. The Morgan fingerprint density at radius 3 is 2.32 bits per heavy atom. The van der Waals surface area contributed by atoms with Crippen LogP contribution in [0, 0.1) is 6.92 Å². The van der Waals surface area contributed by atoms with Crippen molar-refractivity contribution in [3.05, 3.63) is 54.1 Å². The average Bonchev–Trinajstić information content (AvgIpc) is 2.61. The van der Waals surface area contributed by atoms with Crippen molar-refractivity contribution in [1.29, 1.82) is 0 Å². The SMILES string of the molecule is COc1ccc(NC(=S)NC(=O)CCCOc2ccc(C)cc2)cc1. The molecule has 0 aliphatic heterocycles. The quantitative estimate of drug-likeness (QED) is 0.584. The summed E-state index contributed by atoms with van der Waals surface area (Å²) in [6.45, 7) is 2.51. The van der Waals surface area contributed by atoms with Gasteiger partial charge in [0.25, 0.3) is 0 Å². The number of aryl methyl sites for hydroxylation is 1. The first-order valence-corrected chi connectivity index (χ1v) is 8.42. The van der Waals surface area contributed by atoms with Crippen molar-refractivity contribution in [1.82, 2.24) is 5.32 Å². The number of rotatable bonds is 7. The highest BCUT2D eigenvalue weighted by Gasteiger charge is 2.05. The van der Waals surface area contributed by atoms with Gasteiger partial charge in [-0.2, -0.15) is 0 Å². The zero-order valence-corrected chi connectivity index (χ0v) is 15.2. The van der Waals surface area contributed by atoms with Gasteiger partial charge in [0.2, 0.25) is 5.91 Å². The number of nitrogens with one attached hydrogen (secondary N) is 2. The number of carbonyl (C=O) groups is 1. The third-order valence-corrected chi connectivity index (χ3v) is 3.64. The first kappa shape index (κ1) is 18.7. The Kier molecular flexibility index (Phi) is 7.22. The lowest BCUT2D eigenvalue weighted by Gasteiger charge is -2.10. The molecule has 0 fully saturated rings. The smallest absolute Gasteiger partial charge is 0.226 e. The van der Waals surface area contributed by atoms with Gasteiger partial charge in [-0.15, -0.1) is 0 Å². The minimum absolute atomic E-state index is 0.140. The first-order valence-electron chi connectivity index (χ1n) is 8.01. The van der Waals surface area contributed by atoms with Gasteiger partial charge in [-0.3, -0.25) is 4.79 Å². The van der Waals surface area contributed by atoms with Gasteiger partial charge in [-0.05, 0) is 62.0 Å². The van der Waals surface area contributed by atoms with Crippen molar-refractivity contribution in [3.63, 3.8) is 0 Å². The minimum atomic E-state index is -0.140. The molecule has 5 nitrogen and oxygen atoms in total. The number of hydrogen-bond acceptors (Lipinski definition) is 4. The van der Waals surface area contributed by atoms with E-state index in [0.717, 1.165) is 17.2 Å². The molecule has 6 heteroatoms. The summed E-state index contributed by atoms with van der Waals surface area (Å²) in [5.41, 5.74) is 1.97. The van der Waals surface area contributed by atoms with Gasteiger partial charge in [0.15, 0.2) is 5.11 Å². The highest BCUT2D eigenvalue weighted by molar-refractivity contribution is 7.80. The molecular formula is C19H22N2O3S. The van der Waals surface area contributed by atoms with Crippen LogP contribution in [0.4, 0.5) is 5.69 Å². The molecule has 0 unspecified atom stereocenters. The molecule has 1 amide bonds. The van der Waals surface area contributed by atoms with Gasteiger partial charge in [-0.25, -0.2) is 0 Å². The van der Waals surface area contributed by atoms with Crippen LogP contribution in [0.3, 0.4) is 0 Å². The molecule has 0 heterocycles. The summed E-state index contributed by atoms with van der Waals surface area (Å²) in [5.74, 6) is 1.43. The van der Waals surface area contributed by atoms with Gasteiger partial charge in [0.1, 0.15) is 11.5 Å². The Balaban J connectivity index is 1.65. The molecule has 0 saturated carbocycles. The zero-order valence-electron chi connectivity index (χ0n) is 14.4. The van der Waals surface area contributed by atoms with Crippen LogP contribution in [0.15, 0.2) is 48.5 Å². The molecule has 0 aliphatic carbocycles. The molecule has 0 saturated heterocycles. The summed E-state index contributed by atoms with van der Waals surface area (Å²) in [6.07, 6.45) is 0.959. The minimum Gasteiger partial charge on any atom is -0.497 e. The first-order chi connectivity index (χ1) is 12.1. The number of anilines is 1. The van der Waals surface area contributed by atoms with Gasteiger partial charge in [0, 0.05) is 12.1 Å². The number of hydrogen-bond donors (Lipinski definition) is 2. The number of carbonyl (C=O) groups excluding carboxylic acids is 1. The Morgan fingerprint density at radius 2 is 1.68 bits per heavy atom. The number of amides is 1. The van der Waals surface area contributed by atoms with Crippen molar-refractivity contribution < 1.29 is 14.3 Å². The summed E-state index contributed by atoms with van der Waals surface area (Å²) in [5, 5.41) is 5.89. The molecule has 25 heavy (non-hydrogen) atoms. The topological polar surface area (TPSA) is 59.6 Å². The van der Waals surface area contributed by atoms with E-state index in [-0.39, 0.29) is 11.0 Å². The molecule has 2 aromatic rings. The standard InChI is InChI=1S/C19H22N2O3S/c1-14-5-9-17(10-6-14)24-13-3-4-18(22)21-19(25)20-15-7-11-16(23-2)12-8-15/h5-12H,3-4,13H2,1-2H3,(H2,20,21,22,25). The molecule has 0 atom stereocenters. The monoisotopic (exact) mass is 358 g/mol. The number of methoxy groups -OCH3 is 1. The molecule has 0 radical (unpaired) electrons. The highest BCUT2D eigenvalue weighted by Crippen LogP contribution is 2.15. The normalized spacial score (nSPS) is 10.0. The molecule has 0 bridgehead atoms. The largest absolute Gasteiger partial charge is 0.497 e. The fraction of sp³-hybridized carbons (Fsp3) is 0.263. The number of ether oxygens (including phenoxy) is 2. The van der Waals surface area contributed by atoms with E-state index in [1.807, 2.05) is 55.5 Å². The van der Waals surface area contributed by atoms with Crippen molar-refractivity contribution in [2.75, 3.05) is 19.0 Å². The van der Waals surface area contributed by atoms with E-state index >= 15 is 0 Å². The molecule has 132 valence electrons. The van der Waals surface area contributed by atoms with Gasteiger partial charge < -0.3 is 20.1 Å². The molecule has 2 aromatic carbocycles. The maximum absolute atomic E-state index is 11.9. The third kappa shape index (κ3) is 6.81. The van der Waals surface area contributed by atoms with Crippen molar-refractivity contribution >= 4 is 28.9 Å². The number of thiocarbonyl (C=S) groups is 1. The van der Waals surface area contributed by atoms with Crippen molar-refractivity contribution in [2.24, 2.45) is 0 Å². The second kappa shape index (κ2) is 9.64. The fourth-order valence-electron chi connectivity index (χ4n) is 2.08. The second-order valence-electron chi connectivity index (χ2n) is 5.50. The highest BCUT2D eigenvalue weighted by atomic mass is 32.1. The van der Waals surface area contributed by atoms with Gasteiger partial charge in [0.05, 0.1) is 13.7 Å². The maximum atomic E-state index is 11.9. The predicted molar refractivity (Wildman–Crippen MR) is 103 cm³/mol. The van der Waals surface area contributed by atoms with Crippen LogP contribution in [-0.4, -0.2) is 24.7 Å². The van der Waals surface area contributed by atoms with E-state index in [2.05, 4.69) is 10.6 Å². The van der Waals surface area contributed by atoms with Gasteiger partial charge >= 0.3 is 0 Å². The van der Waals surface area contributed by atoms with Crippen molar-refractivity contribution in [3.8, 4) is 11.5 Å². The summed E-state index contributed by atoms with van der Waals surface area (Å²) in [7, 11) is 1.61. The molecule has 0 spiro atoms. The van der Waals surface area contributed by atoms with Crippen LogP contribution in [0.1, 0.15) is 18.4 Å². The van der Waals surface area contributed by atoms with Crippen LogP contribution in [-0.2, 0) is 4.79 Å². The lowest BCUT2D eigenvalue weighted by molar-refractivity contribution is -0.119. The third-order valence-electron chi connectivity index (χ3n) is 3.44. The Morgan fingerprint density at radius 1 is 1.04 bits per heavy atom. The Bertz CT molecular complexity index is 700. The van der Waals surface area contributed by atoms with E-state index in [4.69, 9.17) is 21.7 Å². The van der Waals surface area contributed by atoms with Crippen LogP contribution in [0.2, 0.25) is 0 Å². The molecular weight excluding hydrogens is 336 g/mol. The van der Waals surface area contributed by atoms with Crippen LogP contribution >= 0.6 is 12.2 Å². The molecule has 0 aliphatic rings. The lowest BCUT2D eigenvalue weighted by Crippen LogP contribution is -2.34. The number of benzene rings is 2. The second-order valence-corrected chi connectivity index (χ2v) is 5.90. The summed E-state index contributed by atoms with van der Waals surface area (Å²) in [4.78, 5) is 11.9. The maximum Gasteiger partial charge on any atom is 0.226 e. The average molecular weight is 358 g/mol. The summed E-state index contributed by atoms with van der Waals surface area (Å²) >= 11 is 5.14.